The van der Waals surface area contributed by atoms with Gasteiger partial charge in [0, 0.05) is 26.2 Å². The minimum Gasteiger partial charge on any atom is -0.439 e. The molecule has 17 heavy (non-hydrogen) atoms. The lowest BCUT2D eigenvalue weighted by Crippen LogP contribution is -2.42. The molecule has 90 valence electrons. The molecule has 0 bridgehead atoms. The number of hydrogen-bond donors (Lipinski definition) is 1. The minimum absolute atomic E-state index is 0.815. The summed E-state index contributed by atoms with van der Waals surface area (Å²) in [4.78, 5) is 6.91. The van der Waals surface area contributed by atoms with Gasteiger partial charge >= 0.3 is 0 Å². The van der Waals surface area contributed by atoms with Crippen molar-refractivity contribution >= 4 is 11.1 Å². The number of rotatable bonds is 2. The highest BCUT2D eigenvalue weighted by molar-refractivity contribution is 5.75. The van der Waals surface area contributed by atoms with E-state index in [1.54, 1.807) is 0 Å². The van der Waals surface area contributed by atoms with Gasteiger partial charge in [0.05, 0.1) is 6.54 Å². The normalized spacial score (nSPS) is 17.7. The Morgan fingerprint density at radius 1 is 1.35 bits per heavy atom. The van der Waals surface area contributed by atoms with Crippen molar-refractivity contribution < 1.29 is 4.42 Å². The predicted molar refractivity (Wildman–Crippen MR) is 66.9 cm³/mol. The molecule has 0 unspecified atom stereocenters. The van der Waals surface area contributed by atoms with Gasteiger partial charge in [0.1, 0.15) is 5.52 Å². The molecule has 1 aromatic carbocycles. The quantitative estimate of drug-likeness (QED) is 0.851. The number of piperazine rings is 1. The molecule has 0 atom stereocenters. The van der Waals surface area contributed by atoms with E-state index in [2.05, 4.69) is 28.2 Å². The number of para-hydroxylation sites is 1. The van der Waals surface area contributed by atoms with Crippen LogP contribution in [0.25, 0.3) is 11.1 Å². The molecule has 2 heterocycles. The molecule has 1 N–H and O–H groups in total. The van der Waals surface area contributed by atoms with Crippen LogP contribution in [0, 0.1) is 6.92 Å². The number of nitrogens with zero attached hydrogens (tertiary/aromatic N) is 2. The Labute approximate surface area is 101 Å². The summed E-state index contributed by atoms with van der Waals surface area (Å²) in [6.45, 7) is 7.12. The van der Waals surface area contributed by atoms with Crippen molar-refractivity contribution in [3.05, 3.63) is 29.7 Å². The van der Waals surface area contributed by atoms with Crippen molar-refractivity contribution in [2.75, 3.05) is 26.2 Å². The number of aryl methyl sites for hydroxylation is 1. The average Bonchev–Trinajstić information content (AvgIpc) is 2.74. The van der Waals surface area contributed by atoms with Crippen molar-refractivity contribution in [1.29, 1.82) is 0 Å². The zero-order chi connectivity index (χ0) is 11.7. The summed E-state index contributed by atoms with van der Waals surface area (Å²) in [6, 6.07) is 6.09. The fourth-order valence-corrected chi connectivity index (χ4v) is 2.26. The highest BCUT2D eigenvalue weighted by Crippen LogP contribution is 2.20. The number of aromatic nitrogens is 1. The highest BCUT2D eigenvalue weighted by atomic mass is 16.3. The van der Waals surface area contributed by atoms with E-state index in [1.807, 2.05) is 12.1 Å². The topological polar surface area (TPSA) is 41.3 Å². The first-order valence-corrected chi connectivity index (χ1v) is 6.11. The van der Waals surface area contributed by atoms with Gasteiger partial charge in [-0.25, -0.2) is 4.98 Å². The van der Waals surface area contributed by atoms with E-state index in [0.29, 0.717) is 0 Å². The Bertz CT molecular complexity index is 514. The SMILES string of the molecule is Cc1cccc2nc(CN3CCNCC3)oc12. The van der Waals surface area contributed by atoms with Crippen molar-refractivity contribution in [3.8, 4) is 0 Å². The van der Waals surface area contributed by atoms with E-state index in [0.717, 1.165) is 55.3 Å². The molecule has 0 saturated carbocycles. The van der Waals surface area contributed by atoms with Crippen LogP contribution in [0.15, 0.2) is 22.6 Å². The molecule has 0 radical (unpaired) electrons. The van der Waals surface area contributed by atoms with Crippen LogP contribution in [0.5, 0.6) is 0 Å². The zero-order valence-electron chi connectivity index (χ0n) is 10.1. The molecular formula is C13H17N3O. The summed E-state index contributed by atoms with van der Waals surface area (Å²) >= 11 is 0. The Balaban J connectivity index is 1.83. The van der Waals surface area contributed by atoms with E-state index in [4.69, 9.17) is 4.42 Å². The summed E-state index contributed by atoms with van der Waals surface area (Å²) in [5, 5.41) is 3.34. The van der Waals surface area contributed by atoms with Crippen molar-refractivity contribution in [2.24, 2.45) is 0 Å². The Hall–Kier alpha value is -1.39. The third-order valence-corrected chi connectivity index (χ3v) is 3.22. The predicted octanol–water partition coefficient (Wildman–Crippen LogP) is 1.54. The van der Waals surface area contributed by atoms with Gasteiger partial charge in [0.2, 0.25) is 5.89 Å². The van der Waals surface area contributed by atoms with E-state index in [9.17, 15) is 0 Å². The van der Waals surface area contributed by atoms with Gasteiger partial charge in [0.15, 0.2) is 5.58 Å². The summed E-state index contributed by atoms with van der Waals surface area (Å²) in [5.41, 5.74) is 3.05. The molecule has 1 fully saturated rings. The Morgan fingerprint density at radius 3 is 2.94 bits per heavy atom. The molecule has 0 spiro atoms. The number of hydrogen-bond acceptors (Lipinski definition) is 4. The standard InChI is InChI=1S/C13H17N3O/c1-10-3-2-4-11-13(10)17-12(15-11)9-16-7-5-14-6-8-16/h2-4,14H,5-9H2,1H3. The van der Waals surface area contributed by atoms with E-state index in [1.165, 1.54) is 0 Å². The molecule has 0 aliphatic carbocycles. The van der Waals surface area contributed by atoms with Crippen molar-refractivity contribution in [1.82, 2.24) is 15.2 Å². The third kappa shape index (κ3) is 2.18. The number of fused-ring (bicyclic) bond motifs is 1. The first-order valence-electron chi connectivity index (χ1n) is 6.11. The maximum absolute atomic E-state index is 5.83. The Kier molecular flexibility index (Phi) is 2.82. The number of oxazole rings is 1. The second kappa shape index (κ2) is 4.47. The summed E-state index contributed by atoms with van der Waals surface area (Å²) in [5.74, 6) is 0.830. The lowest BCUT2D eigenvalue weighted by molar-refractivity contribution is 0.214. The fourth-order valence-electron chi connectivity index (χ4n) is 2.26. The maximum Gasteiger partial charge on any atom is 0.209 e. The maximum atomic E-state index is 5.83. The van der Waals surface area contributed by atoms with E-state index < -0.39 is 0 Å². The van der Waals surface area contributed by atoms with Gasteiger partial charge in [-0.1, -0.05) is 12.1 Å². The molecule has 1 aliphatic heterocycles. The zero-order valence-corrected chi connectivity index (χ0v) is 10.1. The lowest BCUT2D eigenvalue weighted by Gasteiger charge is -2.25. The molecule has 1 saturated heterocycles. The van der Waals surface area contributed by atoms with Gasteiger partial charge in [0.25, 0.3) is 0 Å². The second-order valence-electron chi connectivity index (χ2n) is 4.56. The van der Waals surface area contributed by atoms with Crippen LogP contribution in [0.1, 0.15) is 11.5 Å². The van der Waals surface area contributed by atoms with Crippen LogP contribution in [0.3, 0.4) is 0 Å². The number of nitrogens with one attached hydrogen (secondary N) is 1. The van der Waals surface area contributed by atoms with Gasteiger partial charge < -0.3 is 9.73 Å². The van der Waals surface area contributed by atoms with Crippen LogP contribution in [-0.4, -0.2) is 36.1 Å². The highest BCUT2D eigenvalue weighted by Gasteiger charge is 2.14. The molecule has 2 aromatic rings. The number of benzene rings is 1. The van der Waals surface area contributed by atoms with E-state index >= 15 is 0 Å². The third-order valence-electron chi connectivity index (χ3n) is 3.22. The monoisotopic (exact) mass is 231 g/mol. The second-order valence-corrected chi connectivity index (χ2v) is 4.56. The molecular weight excluding hydrogens is 214 g/mol. The van der Waals surface area contributed by atoms with Crippen molar-refractivity contribution in [3.63, 3.8) is 0 Å². The van der Waals surface area contributed by atoms with Crippen molar-refractivity contribution in [2.45, 2.75) is 13.5 Å². The molecule has 0 amide bonds. The van der Waals surface area contributed by atoms with E-state index in [-0.39, 0.29) is 0 Å². The van der Waals surface area contributed by atoms with Crippen LogP contribution in [0.2, 0.25) is 0 Å². The summed E-state index contributed by atoms with van der Waals surface area (Å²) < 4.78 is 5.83. The summed E-state index contributed by atoms with van der Waals surface area (Å²) in [7, 11) is 0. The first-order chi connectivity index (χ1) is 8.33. The van der Waals surface area contributed by atoms with Gasteiger partial charge in [-0.3, -0.25) is 4.90 Å². The van der Waals surface area contributed by atoms with Crippen LogP contribution in [0.4, 0.5) is 0 Å². The smallest absolute Gasteiger partial charge is 0.209 e. The van der Waals surface area contributed by atoms with Crippen LogP contribution >= 0.6 is 0 Å². The van der Waals surface area contributed by atoms with Crippen LogP contribution < -0.4 is 5.32 Å². The minimum atomic E-state index is 0.815. The van der Waals surface area contributed by atoms with Gasteiger partial charge in [-0.05, 0) is 18.6 Å². The van der Waals surface area contributed by atoms with Gasteiger partial charge in [-0.2, -0.15) is 0 Å². The fraction of sp³-hybridized carbons (Fsp3) is 0.462. The largest absolute Gasteiger partial charge is 0.439 e. The van der Waals surface area contributed by atoms with Gasteiger partial charge in [-0.15, -0.1) is 0 Å². The molecule has 4 heteroatoms. The molecule has 3 rings (SSSR count). The molecule has 1 aromatic heterocycles. The molecule has 1 aliphatic rings. The lowest BCUT2D eigenvalue weighted by atomic mass is 10.2. The molecule has 4 nitrogen and oxygen atoms in total. The first kappa shape index (κ1) is 10.7. The van der Waals surface area contributed by atoms with Crippen LogP contribution in [-0.2, 0) is 6.54 Å². The Morgan fingerprint density at radius 2 is 2.18 bits per heavy atom. The average molecular weight is 231 g/mol. The summed E-state index contributed by atoms with van der Waals surface area (Å²) in [6.07, 6.45) is 0.